The number of fused-ring (bicyclic) bond motifs is 1. The maximum Gasteiger partial charge on any atom is 0.157 e. The fraction of sp³-hybridized carbons (Fsp3) is 0.176. The molecule has 0 fully saturated rings. The summed E-state index contributed by atoms with van der Waals surface area (Å²) < 4.78 is 17.6. The predicted molar refractivity (Wildman–Crippen MR) is 91.5 cm³/mol. The molecule has 0 aliphatic carbocycles. The summed E-state index contributed by atoms with van der Waals surface area (Å²) in [6, 6.07) is 10.2. The van der Waals surface area contributed by atoms with Crippen LogP contribution >= 0.6 is 0 Å². The Labute approximate surface area is 143 Å². The number of nitrogens with one attached hydrogen (secondary N) is 1. The summed E-state index contributed by atoms with van der Waals surface area (Å²) in [5.74, 6) is 0.475. The van der Waals surface area contributed by atoms with Gasteiger partial charge in [-0.05, 0) is 18.6 Å². The number of benzene rings is 1. The Bertz CT molecular complexity index is 978. The van der Waals surface area contributed by atoms with Gasteiger partial charge in [-0.2, -0.15) is 14.7 Å². The number of rotatable bonds is 6. The predicted octanol–water partition coefficient (Wildman–Crippen LogP) is 2.63. The molecule has 25 heavy (non-hydrogen) atoms. The van der Waals surface area contributed by atoms with E-state index >= 15 is 0 Å². The molecule has 8 heteroatoms. The van der Waals surface area contributed by atoms with Crippen molar-refractivity contribution in [3.05, 3.63) is 61.1 Å². The molecule has 4 aromatic rings. The quantitative estimate of drug-likeness (QED) is 0.548. The summed E-state index contributed by atoms with van der Waals surface area (Å²) in [7, 11) is 0. The van der Waals surface area contributed by atoms with Gasteiger partial charge in [0.1, 0.15) is 24.3 Å². The Kier molecular flexibility index (Phi) is 4.07. The van der Waals surface area contributed by atoms with Crippen molar-refractivity contribution >= 4 is 11.5 Å². The molecule has 4 rings (SSSR count). The van der Waals surface area contributed by atoms with E-state index in [1.807, 2.05) is 6.07 Å². The second kappa shape index (κ2) is 6.68. The molecule has 126 valence electrons. The Morgan fingerprint density at radius 2 is 2.04 bits per heavy atom. The van der Waals surface area contributed by atoms with Crippen LogP contribution in [0.5, 0.6) is 0 Å². The van der Waals surface area contributed by atoms with Crippen molar-refractivity contribution in [3.63, 3.8) is 0 Å². The van der Waals surface area contributed by atoms with Gasteiger partial charge in [-0.1, -0.05) is 12.1 Å². The number of aryl methyl sites for hydroxylation is 1. The molecule has 3 heterocycles. The minimum Gasteiger partial charge on any atom is -0.370 e. The van der Waals surface area contributed by atoms with Crippen molar-refractivity contribution in [1.29, 1.82) is 0 Å². The summed E-state index contributed by atoms with van der Waals surface area (Å²) in [6.07, 6.45) is 5.75. The third-order valence-electron chi connectivity index (χ3n) is 3.85. The zero-order valence-electron chi connectivity index (χ0n) is 13.4. The maximum atomic E-state index is 14.1. The summed E-state index contributed by atoms with van der Waals surface area (Å²) in [4.78, 5) is 8.41. The van der Waals surface area contributed by atoms with E-state index in [2.05, 4.69) is 25.5 Å². The molecule has 0 spiro atoms. The minimum absolute atomic E-state index is 0.295. The average molecular weight is 337 g/mol. The van der Waals surface area contributed by atoms with Crippen LogP contribution in [0.1, 0.15) is 6.42 Å². The van der Waals surface area contributed by atoms with Gasteiger partial charge in [0.15, 0.2) is 5.65 Å². The number of anilines is 1. The molecule has 7 nitrogen and oxygen atoms in total. The van der Waals surface area contributed by atoms with Crippen LogP contribution in [0.15, 0.2) is 55.2 Å². The molecule has 0 atom stereocenters. The number of nitrogens with zero attached hydrogens (tertiary/aromatic N) is 6. The first-order valence-electron chi connectivity index (χ1n) is 7.97. The fourth-order valence-electron chi connectivity index (χ4n) is 2.65. The lowest BCUT2D eigenvalue weighted by Gasteiger charge is -2.11. The summed E-state index contributed by atoms with van der Waals surface area (Å²) in [5, 5.41) is 11.7. The van der Waals surface area contributed by atoms with Crippen molar-refractivity contribution in [2.24, 2.45) is 0 Å². The monoisotopic (exact) mass is 337 g/mol. The molecule has 0 aliphatic rings. The molecule has 0 aliphatic heterocycles. The molecule has 0 bridgehead atoms. The lowest BCUT2D eigenvalue weighted by Crippen LogP contribution is -2.10. The molecular formula is C17H16FN7. The highest BCUT2D eigenvalue weighted by Gasteiger charge is 2.11. The highest BCUT2D eigenvalue weighted by atomic mass is 19.1. The van der Waals surface area contributed by atoms with Crippen LogP contribution < -0.4 is 5.32 Å². The number of halogens is 1. The first-order valence-corrected chi connectivity index (χ1v) is 7.97. The number of aromatic nitrogens is 6. The topological polar surface area (TPSA) is 72.9 Å². The smallest absolute Gasteiger partial charge is 0.157 e. The normalized spacial score (nSPS) is 11.1. The molecule has 0 radical (unpaired) electrons. The Morgan fingerprint density at radius 1 is 1.12 bits per heavy atom. The largest absolute Gasteiger partial charge is 0.370 e. The van der Waals surface area contributed by atoms with Crippen LogP contribution in [-0.4, -0.2) is 35.9 Å². The number of hydrogen-bond donors (Lipinski definition) is 1. The molecule has 0 saturated carbocycles. The van der Waals surface area contributed by atoms with E-state index in [4.69, 9.17) is 0 Å². The third-order valence-corrected chi connectivity index (χ3v) is 3.85. The maximum absolute atomic E-state index is 14.1. The molecule has 0 amide bonds. The van der Waals surface area contributed by atoms with Gasteiger partial charge in [0.2, 0.25) is 0 Å². The number of hydrogen-bond acceptors (Lipinski definition) is 5. The molecule has 0 saturated heterocycles. The van der Waals surface area contributed by atoms with E-state index in [0.29, 0.717) is 16.9 Å². The van der Waals surface area contributed by atoms with Gasteiger partial charge in [-0.3, -0.25) is 4.68 Å². The SMILES string of the molecule is Fc1ccccc1-c1cc(NCCCn2cncn2)n2nccc2n1. The van der Waals surface area contributed by atoms with Gasteiger partial charge in [-0.15, -0.1) is 0 Å². The van der Waals surface area contributed by atoms with Crippen LogP contribution in [0.2, 0.25) is 0 Å². The van der Waals surface area contributed by atoms with Gasteiger partial charge in [0.25, 0.3) is 0 Å². The van der Waals surface area contributed by atoms with Gasteiger partial charge < -0.3 is 5.32 Å². The molecule has 1 N–H and O–H groups in total. The van der Waals surface area contributed by atoms with E-state index in [-0.39, 0.29) is 5.82 Å². The second-order valence-corrected chi connectivity index (χ2v) is 5.55. The zero-order valence-corrected chi connectivity index (χ0v) is 13.4. The Morgan fingerprint density at radius 3 is 2.88 bits per heavy atom. The zero-order chi connectivity index (χ0) is 17.1. The van der Waals surface area contributed by atoms with E-state index in [9.17, 15) is 4.39 Å². The third kappa shape index (κ3) is 3.18. The Balaban J connectivity index is 1.57. The van der Waals surface area contributed by atoms with Crippen LogP contribution in [0.4, 0.5) is 10.2 Å². The van der Waals surface area contributed by atoms with Gasteiger partial charge in [-0.25, -0.2) is 14.4 Å². The first kappa shape index (κ1) is 15.3. The van der Waals surface area contributed by atoms with E-state index in [0.717, 1.165) is 25.3 Å². The summed E-state index contributed by atoms with van der Waals surface area (Å²) in [5.41, 5.74) is 1.71. The van der Waals surface area contributed by atoms with Crippen molar-refractivity contribution in [2.45, 2.75) is 13.0 Å². The van der Waals surface area contributed by atoms with Crippen molar-refractivity contribution in [2.75, 3.05) is 11.9 Å². The second-order valence-electron chi connectivity index (χ2n) is 5.55. The first-order chi connectivity index (χ1) is 12.3. The highest BCUT2D eigenvalue weighted by molar-refractivity contribution is 5.66. The highest BCUT2D eigenvalue weighted by Crippen LogP contribution is 2.24. The lowest BCUT2D eigenvalue weighted by molar-refractivity contribution is 0.589. The molecular weight excluding hydrogens is 321 g/mol. The van der Waals surface area contributed by atoms with Crippen molar-refractivity contribution < 1.29 is 4.39 Å². The summed E-state index contributed by atoms with van der Waals surface area (Å²) >= 11 is 0. The fourth-order valence-corrected chi connectivity index (χ4v) is 2.65. The van der Waals surface area contributed by atoms with E-state index in [1.165, 1.54) is 12.4 Å². The minimum atomic E-state index is -0.295. The van der Waals surface area contributed by atoms with E-state index in [1.54, 1.807) is 46.0 Å². The lowest BCUT2D eigenvalue weighted by atomic mass is 10.1. The van der Waals surface area contributed by atoms with Crippen molar-refractivity contribution in [1.82, 2.24) is 29.4 Å². The molecule has 0 unspecified atom stereocenters. The average Bonchev–Trinajstić information content (AvgIpc) is 3.30. The van der Waals surface area contributed by atoms with E-state index < -0.39 is 0 Å². The van der Waals surface area contributed by atoms with Gasteiger partial charge in [0, 0.05) is 30.8 Å². The molecule has 1 aromatic carbocycles. The standard InChI is InChI=1S/C17H16FN7/c18-14-5-2-1-4-13(14)15-10-17(25-16(23-15)6-8-21-25)20-7-3-9-24-12-19-11-22-24/h1-2,4-6,8,10-12,20H,3,7,9H2. The van der Waals surface area contributed by atoms with Gasteiger partial charge >= 0.3 is 0 Å². The van der Waals surface area contributed by atoms with Crippen LogP contribution in [0.25, 0.3) is 16.9 Å². The van der Waals surface area contributed by atoms with Gasteiger partial charge in [0.05, 0.1) is 11.9 Å². The summed E-state index contributed by atoms with van der Waals surface area (Å²) in [6.45, 7) is 1.48. The van der Waals surface area contributed by atoms with Crippen LogP contribution in [0, 0.1) is 5.82 Å². The van der Waals surface area contributed by atoms with Crippen LogP contribution in [-0.2, 0) is 6.54 Å². The molecule has 3 aromatic heterocycles. The Hall–Kier alpha value is -3.29. The van der Waals surface area contributed by atoms with Crippen LogP contribution in [0.3, 0.4) is 0 Å². The van der Waals surface area contributed by atoms with Crippen molar-refractivity contribution in [3.8, 4) is 11.3 Å².